The van der Waals surface area contributed by atoms with Crippen LogP contribution in [0.3, 0.4) is 0 Å². The van der Waals surface area contributed by atoms with Gasteiger partial charge >= 0.3 is 0 Å². The van der Waals surface area contributed by atoms with E-state index in [1.807, 2.05) is 23.1 Å². The molecule has 1 atom stereocenters. The van der Waals surface area contributed by atoms with Crippen molar-refractivity contribution in [1.29, 1.82) is 0 Å². The zero-order valence-electron chi connectivity index (χ0n) is 18.4. The first-order valence-electron chi connectivity index (χ1n) is 10.8. The summed E-state index contributed by atoms with van der Waals surface area (Å²) in [6.07, 6.45) is 1.01. The molecule has 0 bridgehead atoms. The van der Waals surface area contributed by atoms with Gasteiger partial charge in [0.25, 0.3) is 0 Å². The summed E-state index contributed by atoms with van der Waals surface area (Å²) >= 11 is 12.1. The average Bonchev–Trinajstić information content (AvgIpc) is 2.80. The predicted molar refractivity (Wildman–Crippen MR) is 133 cm³/mol. The second-order valence-corrected chi connectivity index (χ2v) is 8.29. The van der Waals surface area contributed by atoms with Crippen molar-refractivity contribution < 1.29 is 9.84 Å². The van der Waals surface area contributed by atoms with Crippen molar-refractivity contribution in [2.24, 2.45) is 0 Å². The molecule has 5 nitrogen and oxygen atoms in total. The summed E-state index contributed by atoms with van der Waals surface area (Å²) in [5.41, 5.74) is 2.34. The van der Waals surface area contributed by atoms with E-state index in [1.165, 1.54) is 5.69 Å². The van der Waals surface area contributed by atoms with Crippen LogP contribution in [0.25, 0.3) is 0 Å². The molecule has 0 radical (unpaired) electrons. The number of rotatable bonds is 11. The van der Waals surface area contributed by atoms with E-state index in [9.17, 15) is 5.11 Å². The van der Waals surface area contributed by atoms with E-state index in [-0.39, 0.29) is 6.61 Å². The van der Waals surface area contributed by atoms with Crippen molar-refractivity contribution in [3.05, 3.63) is 82.5 Å². The van der Waals surface area contributed by atoms with Crippen molar-refractivity contribution in [2.75, 3.05) is 36.0 Å². The maximum Gasteiger partial charge on any atom is 0.138 e. The Bertz CT molecular complexity index is 967. The number of aliphatic hydroxyl groups is 1. The van der Waals surface area contributed by atoms with Gasteiger partial charge in [-0.25, -0.2) is 4.98 Å². The van der Waals surface area contributed by atoms with E-state index in [1.54, 1.807) is 24.4 Å². The fraction of sp³-hybridized carbons (Fsp3) is 0.320. The number of halogens is 2. The van der Waals surface area contributed by atoms with Crippen molar-refractivity contribution in [2.45, 2.75) is 26.5 Å². The molecule has 1 unspecified atom stereocenters. The van der Waals surface area contributed by atoms with E-state index in [0.29, 0.717) is 28.9 Å². The molecular formula is C25H29Cl2N3O2. The van der Waals surface area contributed by atoms with Crippen LogP contribution in [-0.2, 0) is 6.54 Å². The number of hydrogen-bond acceptors (Lipinski definition) is 5. The summed E-state index contributed by atoms with van der Waals surface area (Å²) in [5, 5.41) is 11.6. The van der Waals surface area contributed by atoms with Crippen molar-refractivity contribution in [1.82, 2.24) is 4.98 Å². The fourth-order valence-corrected chi connectivity index (χ4v) is 3.95. The van der Waals surface area contributed by atoms with E-state index < -0.39 is 6.10 Å². The van der Waals surface area contributed by atoms with Crippen molar-refractivity contribution >= 4 is 34.7 Å². The molecular weight excluding hydrogens is 445 g/mol. The van der Waals surface area contributed by atoms with E-state index >= 15 is 0 Å². The molecule has 1 N–H and O–H groups in total. The quantitative estimate of drug-likeness (QED) is 0.388. The lowest BCUT2D eigenvalue weighted by atomic mass is 10.1. The minimum Gasteiger partial charge on any atom is -0.489 e. The molecule has 0 aliphatic rings. The number of nitrogens with zero attached hydrogens (tertiary/aromatic N) is 3. The highest BCUT2D eigenvalue weighted by Crippen LogP contribution is 2.27. The van der Waals surface area contributed by atoms with Crippen LogP contribution in [0.15, 0.2) is 66.9 Å². The highest BCUT2D eigenvalue weighted by Gasteiger charge is 2.16. The maximum atomic E-state index is 10.7. The molecule has 0 saturated carbocycles. The Balaban J connectivity index is 1.68. The van der Waals surface area contributed by atoms with Crippen LogP contribution in [0.2, 0.25) is 10.0 Å². The summed E-state index contributed by atoms with van der Waals surface area (Å²) in [5.74, 6) is 1.29. The van der Waals surface area contributed by atoms with Gasteiger partial charge in [0, 0.05) is 43.1 Å². The summed E-state index contributed by atoms with van der Waals surface area (Å²) in [6, 6.07) is 19.3. The smallest absolute Gasteiger partial charge is 0.138 e. The molecule has 0 aliphatic heterocycles. The van der Waals surface area contributed by atoms with Gasteiger partial charge in [0.1, 0.15) is 24.3 Å². The van der Waals surface area contributed by atoms with Gasteiger partial charge in [-0.2, -0.15) is 0 Å². The van der Waals surface area contributed by atoms with Crippen LogP contribution in [0.5, 0.6) is 5.75 Å². The summed E-state index contributed by atoms with van der Waals surface area (Å²) in [7, 11) is 0. The third-order valence-corrected chi connectivity index (χ3v) is 5.70. The number of benzene rings is 2. The second-order valence-electron chi connectivity index (χ2n) is 7.45. The number of hydrogen-bond donors (Lipinski definition) is 1. The first kappa shape index (κ1) is 24.2. The summed E-state index contributed by atoms with van der Waals surface area (Å²) in [4.78, 5) is 8.83. The lowest BCUT2D eigenvalue weighted by molar-refractivity contribution is 0.112. The first-order valence-corrected chi connectivity index (χ1v) is 11.5. The van der Waals surface area contributed by atoms with E-state index in [0.717, 1.165) is 24.5 Å². The van der Waals surface area contributed by atoms with Crippen LogP contribution in [0, 0.1) is 0 Å². The largest absolute Gasteiger partial charge is 0.489 e. The number of pyridine rings is 1. The minimum atomic E-state index is -0.737. The Morgan fingerprint density at radius 2 is 1.72 bits per heavy atom. The molecule has 3 aromatic rings. The molecule has 1 aromatic heterocycles. The van der Waals surface area contributed by atoms with Crippen LogP contribution in [-0.4, -0.2) is 42.4 Å². The molecule has 0 aliphatic carbocycles. The topological polar surface area (TPSA) is 48.8 Å². The van der Waals surface area contributed by atoms with E-state index in [2.05, 4.69) is 48.0 Å². The van der Waals surface area contributed by atoms with E-state index in [4.69, 9.17) is 27.9 Å². The third-order valence-electron chi connectivity index (χ3n) is 5.17. The van der Waals surface area contributed by atoms with Gasteiger partial charge in [-0.05, 0) is 61.9 Å². The number of aliphatic hydroxyl groups excluding tert-OH is 1. The molecule has 7 heteroatoms. The fourth-order valence-electron chi connectivity index (χ4n) is 3.49. The number of aromatic nitrogens is 1. The molecule has 0 saturated heterocycles. The monoisotopic (exact) mass is 473 g/mol. The standard InChI is InChI=1S/C25H29Cl2N3O2/c1-3-29(4-2)21-11-8-19(9-12-21)16-30(25-7-5-6-14-28-25)17-22(31)18-32-24-13-10-20(26)15-23(24)27/h5-15,22,31H,3-4,16-18H2,1-2H3. The van der Waals surface area contributed by atoms with Crippen molar-refractivity contribution in [3.8, 4) is 5.75 Å². The zero-order valence-corrected chi connectivity index (χ0v) is 19.9. The molecule has 1 heterocycles. The Kier molecular flexibility index (Phi) is 9.03. The molecule has 0 spiro atoms. The molecule has 170 valence electrons. The Morgan fingerprint density at radius 3 is 2.34 bits per heavy atom. The minimum absolute atomic E-state index is 0.103. The lowest BCUT2D eigenvalue weighted by Crippen LogP contribution is -2.36. The zero-order chi connectivity index (χ0) is 22.9. The first-order chi connectivity index (χ1) is 15.5. The van der Waals surface area contributed by atoms with Gasteiger partial charge in [-0.3, -0.25) is 0 Å². The van der Waals surface area contributed by atoms with Crippen molar-refractivity contribution in [3.63, 3.8) is 0 Å². The van der Waals surface area contributed by atoms with Crippen LogP contribution < -0.4 is 14.5 Å². The maximum absolute atomic E-state index is 10.7. The normalized spacial score (nSPS) is 11.8. The Labute approximate surface area is 200 Å². The van der Waals surface area contributed by atoms with Gasteiger partial charge < -0.3 is 19.6 Å². The lowest BCUT2D eigenvalue weighted by Gasteiger charge is -2.27. The molecule has 2 aromatic carbocycles. The number of anilines is 2. The Morgan fingerprint density at radius 1 is 0.969 bits per heavy atom. The second kappa shape index (κ2) is 12.0. The molecule has 3 rings (SSSR count). The highest BCUT2D eigenvalue weighted by atomic mass is 35.5. The van der Waals surface area contributed by atoms with Crippen LogP contribution >= 0.6 is 23.2 Å². The molecule has 0 fully saturated rings. The summed E-state index contributed by atoms with van der Waals surface area (Å²) < 4.78 is 5.71. The van der Waals surface area contributed by atoms with Gasteiger partial charge in [0.15, 0.2) is 0 Å². The SMILES string of the molecule is CCN(CC)c1ccc(CN(CC(O)COc2ccc(Cl)cc2Cl)c2ccccn2)cc1. The van der Waals surface area contributed by atoms with Gasteiger partial charge in [0.2, 0.25) is 0 Å². The van der Waals surface area contributed by atoms with Crippen LogP contribution in [0.4, 0.5) is 11.5 Å². The average molecular weight is 474 g/mol. The van der Waals surface area contributed by atoms with Gasteiger partial charge in [-0.15, -0.1) is 0 Å². The van der Waals surface area contributed by atoms with Crippen LogP contribution in [0.1, 0.15) is 19.4 Å². The molecule has 32 heavy (non-hydrogen) atoms. The molecule has 0 amide bonds. The highest BCUT2D eigenvalue weighted by molar-refractivity contribution is 6.35. The Hall–Kier alpha value is -2.47. The number of ether oxygens (including phenoxy) is 1. The predicted octanol–water partition coefficient (Wildman–Crippen LogP) is 5.68. The van der Waals surface area contributed by atoms with Gasteiger partial charge in [-0.1, -0.05) is 41.4 Å². The summed E-state index contributed by atoms with van der Waals surface area (Å²) in [6.45, 7) is 7.33. The van der Waals surface area contributed by atoms with Gasteiger partial charge in [0.05, 0.1) is 5.02 Å². The third kappa shape index (κ3) is 6.76.